The quantitative estimate of drug-likeness (QED) is 0.513. The Morgan fingerprint density at radius 2 is 2.00 bits per heavy atom. The summed E-state index contributed by atoms with van der Waals surface area (Å²) in [7, 11) is 0. The van der Waals surface area contributed by atoms with E-state index in [0.29, 0.717) is 12.5 Å². The molecular formula is C13H25N3O3. The lowest BCUT2D eigenvalue weighted by molar-refractivity contribution is -0.148. The third kappa shape index (κ3) is 5.16. The van der Waals surface area contributed by atoms with Gasteiger partial charge in [0, 0.05) is 6.54 Å². The summed E-state index contributed by atoms with van der Waals surface area (Å²) in [6.45, 7) is 7.87. The van der Waals surface area contributed by atoms with E-state index in [1.165, 1.54) is 0 Å². The van der Waals surface area contributed by atoms with E-state index in [4.69, 9.17) is 10.5 Å². The number of nitrogens with two attached hydrogens (primary N) is 1. The summed E-state index contributed by atoms with van der Waals surface area (Å²) in [6.07, 6.45) is 2.14. The smallest absolute Gasteiger partial charge is 0.332 e. The van der Waals surface area contributed by atoms with Crippen molar-refractivity contribution in [2.24, 2.45) is 11.7 Å². The van der Waals surface area contributed by atoms with Crippen LogP contribution < -0.4 is 11.1 Å². The minimum Gasteiger partial charge on any atom is -0.464 e. The van der Waals surface area contributed by atoms with Crippen molar-refractivity contribution in [3.63, 3.8) is 0 Å². The number of carbonyl (C=O) groups excluding carboxylic acids is 2. The first-order valence-corrected chi connectivity index (χ1v) is 7.00. The highest BCUT2D eigenvalue weighted by molar-refractivity contribution is 6.01. The zero-order chi connectivity index (χ0) is 14.3. The predicted octanol–water partition coefficient (Wildman–Crippen LogP) is -0.275. The molecule has 1 aliphatic heterocycles. The number of carbonyl (C=O) groups is 2. The minimum absolute atomic E-state index is 0.231. The molecule has 0 aromatic carbocycles. The van der Waals surface area contributed by atoms with Crippen molar-refractivity contribution in [2.75, 3.05) is 32.8 Å². The van der Waals surface area contributed by atoms with E-state index in [1.807, 2.05) is 0 Å². The van der Waals surface area contributed by atoms with Crippen LogP contribution in [0, 0.1) is 5.92 Å². The summed E-state index contributed by atoms with van der Waals surface area (Å²) in [5.41, 5.74) is 5.51. The van der Waals surface area contributed by atoms with Crippen LogP contribution in [0.4, 0.5) is 0 Å². The summed E-state index contributed by atoms with van der Waals surface area (Å²) in [4.78, 5) is 25.4. The van der Waals surface area contributed by atoms with E-state index in [1.54, 1.807) is 6.92 Å². The fraction of sp³-hybridized carbons (Fsp3) is 0.846. The van der Waals surface area contributed by atoms with Crippen molar-refractivity contribution < 1.29 is 14.3 Å². The maximum atomic E-state index is 11.7. The normalized spacial score (nSPS) is 18.9. The zero-order valence-corrected chi connectivity index (χ0v) is 11.9. The first-order valence-electron chi connectivity index (χ1n) is 7.00. The lowest BCUT2D eigenvalue weighted by atomic mass is 9.97. The van der Waals surface area contributed by atoms with Crippen LogP contribution in [0.3, 0.4) is 0 Å². The standard InChI is InChI=1S/C13H25N3O3/c1-3-16-7-5-10(6-8-16)9-15-12(17)11(14)13(18)19-4-2/h10-11H,3-9,14H2,1-2H3,(H,15,17). The molecule has 0 radical (unpaired) electrons. The number of nitrogens with zero attached hydrogens (tertiary/aromatic N) is 1. The molecule has 1 heterocycles. The van der Waals surface area contributed by atoms with Crippen LogP contribution in [0.1, 0.15) is 26.7 Å². The fourth-order valence-corrected chi connectivity index (χ4v) is 2.20. The SMILES string of the molecule is CCOC(=O)C(N)C(=O)NCC1CCN(CC)CC1. The number of amides is 1. The summed E-state index contributed by atoms with van der Waals surface area (Å²) in [5, 5.41) is 2.74. The molecule has 3 N–H and O–H groups in total. The molecule has 1 saturated heterocycles. The number of hydrogen-bond donors (Lipinski definition) is 2. The molecule has 0 bridgehead atoms. The number of ether oxygens (including phenoxy) is 1. The average Bonchev–Trinajstić information content (AvgIpc) is 2.44. The molecule has 1 amide bonds. The molecule has 1 fully saturated rings. The number of hydrogen-bond acceptors (Lipinski definition) is 5. The van der Waals surface area contributed by atoms with E-state index in [0.717, 1.165) is 32.5 Å². The van der Waals surface area contributed by atoms with Crippen molar-refractivity contribution in [3.05, 3.63) is 0 Å². The van der Waals surface area contributed by atoms with E-state index >= 15 is 0 Å². The Morgan fingerprint density at radius 3 is 2.53 bits per heavy atom. The number of likely N-dealkylation sites (tertiary alicyclic amines) is 1. The molecular weight excluding hydrogens is 246 g/mol. The molecule has 0 aromatic heterocycles. The Balaban J connectivity index is 2.25. The van der Waals surface area contributed by atoms with Crippen molar-refractivity contribution >= 4 is 11.9 Å². The Kier molecular flexibility index (Phi) is 6.80. The highest BCUT2D eigenvalue weighted by Gasteiger charge is 2.25. The predicted molar refractivity (Wildman–Crippen MR) is 72.5 cm³/mol. The van der Waals surface area contributed by atoms with Gasteiger partial charge in [-0.1, -0.05) is 6.92 Å². The molecule has 19 heavy (non-hydrogen) atoms. The van der Waals surface area contributed by atoms with Gasteiger partial charge in [0.25, 0.3) is 0 Å². The van der Waals surface area contributed by atoms with Crippen LogP contribution in [-0.4, -0.2) is 55.6 Å². The summed E-state index contributed by atoms with van der Waals surface area (Å²) in [6, 6.07) is -1.21. The third-order valence-electron chi connectivity index (χ3n) is 3.54. The second-order valence-corrected chi connectivity index (χ2v) is 4.85. The van der Waals surface area contributed by atoms with Gasteiger partial charge in [-0.25, -0.2) is 4.79 Å². The summed E-state index contributed by atoms with van der Waals surface area (Å²) in [5.74, 6) is -0.640. The van der Waals surface area contributed by atoms with Crippen molar-refractivity contribution in [3.8, 4) is 0 Å². The molecule has 1 atom stereocenters. The van der Waals surface area contributed by atoms with Gasteiger partial charge in [-0.05, 0) is 45.3 Å². The van der Waals surface area contributed by atoms with Crippen LogP contribution in [-0.2, 0) is 14.3 Å². The van der Waals surface area contributed by atoms with Gasteiger partial charge in [-0.3, -0.25) is 4.79 Å². The average molecular weight is 271 g/mol. The lowest BCUT2D eigenvalue weighted by Gasteiger charge is -2.31. The van der Waals surface area contributed by atoms with E-state index in [2.05, 4.69) is 17.1 Å². The van der Waals surface area contributed by atoms with Gasteiger partial charge >= 0.3 is 5.97 Å². The monoisotopic (exact) mass is 271 g/mol. The third-order valence-corrected chi connectivity index (χ3v) is 3.54. The van der Waals surface area contributed by atoms with Crippen molar-refractivity contribution in [2.45, 2.75) is 32.7 Å². The Labute approximate surface area is 114 Å². The second kappa shape index (κ2) is 8.12. The van der Waals surface area contributed by atoms with Gasteiger partial charge in [0.15, 0.2) is 6.04 Å². The molecule has 0 aromatic rings. The Morgan fingerprint density at radius 1 is 1.37 bits per heavy atom. The van der Waals surface area contributed by atoms with Crippen LogP contribution >= 0.6 is 0 Å². The van der Waals surface area contributed by atoms with Crippen LogP contribution in [0.2, 0.25) is 0 Å². The maximum Gasteiger partial charge on any atom is 0.332 e. The van der Waals surface area contributed by atoms with Gasteiger partial charge in [-0.2, -0.15) is 0 Å². The van der Waals surface area contributed by atoms with Crippen LogP contribution in [0.25, 0.3) is 0 Å². The molecule has 110 valence electrons. The van der Waals surface area contributed by atoms with Gasteiger partial charge in [0.2, 0.25) is 5.91 Å². The molecule has 0 aliphatic carbocycles. The lowest BCUT2D eigenvalue weighted by Crippen LogP contribution is -2.48. The summed E-state index contributed by atoms with van der Waals surface area (Å²) >= 11 is 0. The Bertz CT molecular complexity index is 302. The zero-order valence-electron chi connectivity index (χ0n) is 11.9. The topological polar surface area (TPSA) is 84.7 Å². The number of nitrogens with one attached hydrogen (secondary N) is 1. The van der Waals surface area contributed by atoms with Crippen molar-refractivity contribution in [1.82, 2.24) is 10.2 Å². The van der Waals surface area contributed by atoms with Gasteiger partial charge in [0.05, 0.1) is 6.61 Å². The number of esters is 1. The highest BCUT2D eigenvalue weighted by Crippen LogP contribution is 2.15. The van der Waals surface area contributed by atoms with E-state index in [9.17, 15) is 9.59 Å². The molecule has 1 unspecified atom stereocenters. The maximum absolute atomic E-state index is 11.7. The van der Waals surface area contributed by atoms with Crippen LogP contribution in [0.5, 0.6) is 0 Å². The second-order valence-electron chi connectivity index (χ2n) is 4.85. The van der Waals surface area contributed by atoms with Gasteiger partial charge < -0.3 is 20.7 Å². The summed E-state index contributed by atoms with van der Waals surface area (Å²) < 4.78 is 4.71. The molecule has 6 nitrogen and oxygen atoms in total. The number of rotatable bonds is 6. The van der Waals surface area contributed by atoms with Crippen LogP contribution in [0.15, 0.2) is 0 Å². The first kappa shape index (κ1) is 15.9. The number of piperidine rings is 1. The highest BCUT2D eigenvalue weighted by atomic mass is 16.5. The van der Waals surface area contributed by atoms with Crippen molar-refractivity contribution in [1.29, 1.82) is 0 Å². The Hall–Kier alpha value is -1.14. The van der Waals surface area contributed by atoms with E-state index in [-0.39, 0.29) is 6.61 Å². The fourth-order valence-electron chi connectivity index (χ4n) is 2.20. The molecule has 0 saturated carbocycles. The minimum atomic E-state index is -1.21. The van der Waals surface area contributed by atoms with Gasteiger partial charge in [-0.15, -0.1) is 0 Å². The molecule has 1 aliphatic rings. The van der Waals surface area contributed by atoms with E-state index < -0.39 is 17.9 Å². The molecule has 6 heteroatoms. The molecule has 1 rings (SSSR count). The van der Waals surface area contributed by atoms with Gasteiger partial charge in [0.1, 0.15) is 0 Å². The molecule has 0 spiro atoms. The first-order chi connectivity index (χ1) is 9.08. The largest absolute Gasteiger partial charge is 0.464 e.